The number of benzene rings is 1. The normalized spacial score (nSPS) is 15.1. The molecule has 0 bridgehead atoms. The first-order chi connectivity index (χ1) is 11.4. The van der Waals surface area contributed by atoms with Crippen LogP contribution in [0.5, 0.6) is 0 Å². The number of carbonyl (C=O) groups excluding carboxylic acids is 1. The minimum atomic E-state index is -1.08. The molecule has 0 radical (unpaired) electrons. The van der Waals surface area contributed by atoms with Crippen molar-refractivity contribution in [1.82, 2.24) is 19.7 Å². The van der Waals surface area contributed by atoms with Gasteiger partial charge in [-0.2, -0.15) is 0 Å². The smallest absolute Gasteiger partial charge is 0.326 e. The summed E-state index contributed by atoms with van der Waals surface area (Å²) in [5.74, 6) is -0.704. The molecule has 1 saturated carbocycles. The van der Waals surface area contributed by atoms with E-state index in [0.717, 1.165) is 17.7 Å². The van der Waals surface area contributed by atoms with E-state index in [1.54, 1.807) is 16.8 Å². The molecule has 0 saturated heterocycles. The van der Waals surface area contributed by atoms with Crippen molar-refractivity contribution in [2.24, 2.45) is 0 Å². The molecule has 1 unspecified atom stereocenters. The van der Waals surface area contributed by atoms with E-state index in [1.165, 1.54) is 14.0 Å². The largest absolute Gasteiger partial charge is 0.480 e. The third-order valence-electron chi connectivity index (χ3n) is 4.11. The molecule has 1 amide bonds. The van der Waals surface area contributed by atoms with Gasteiger partial charge in [0.2, 0.25) is 5.82 Å². The topological polar surface area (TPSA) is 88.3 Å². The minimum absolute atomic E-state index is 0.0209. The molecule has 7 nitrogen and oxygen atoms in total. The zero-order valence-electron chi connectivity index (χ0n) is 13.3. The van der Waals surface area contributed by atoms with Crippen molar-refractivity contribution in [2.45, 2.75) is 31.7 Å². The van der Waals surface area contributed by atoms with E-state index >= 15 is 0 Å². The summed E-state index contributed by atoms with van der Waals surface area (Å²) in [6.07, 6.45) is 1.97. The Labute approximate surface area is 143 Å². The third kappa shape index (κ3) is 2.99. The minimum Gasteiger partial charge on any atom is -0.480 e. The van der Waals surface area contributed by atoms with Crippen LogP contribution in [0, 0.1) is 0 Å². The van der Waals surface area contributed by atoms with Crippen LogP contribution in [-0.2, 0) is 4.79 Å². The number of carbonyl (C=O) groups is 2. The average molecular weight is 349 g/mol. The van der Waals surface area contributed by atoms with Gasteiger partial charge in [0.15, 0.2) is 0 Å². The second-order valence-corrected chi connectivity index (χ2v) is 6.27. The van der Waals surface area contributed by atoms with Gasteiger partial charge >= 0.3 is 5.97 Å². The molecule has 2 aromatic rings. The van der Waals surface area contributed by atoms with Crippen molar-refractivity contribution in [3.05, 3.63) is 40.9 Å². The summed E-state index contributed by atoms with van der Waals surface area (Å²) >= 11 is 6.24. The fourth-order valence-electron chi connectivity index (χ4n) is 2.32. The van der Waals surface area contributed by atoms with Gasteiger partial charge < -0.3 is 10.0 Å². The van der Waals surface area contributed by atoms with E-state index in [9.17, 15) is 9.59 Å². The van der Waals surface area contributed by atoms with Crippen LogP contribution in [0.1, 0.15) is 42.1 Å². The number of hydrogen-bond acceptors (Lipinski definition) is 4. The summed E-state index contributed by atoms with van der Waals surface area (Å²) in [5.41, 5.74) is 0.654. The summed E-state index contributed by atoms with van der Waals surface area (Å²) in [7, 11) is 1.42. The van der Waals surface area contributed by atoms with Crippen molar-refractivity contribution >= 4 is 23.5 Å². The highest BCUT2D eigenvalue weighted by molar-refractivity contribution is 6.32. The molecule has 1 heterocycles. The van der Waals surface area contributed by atoms with E-state index in [-0.39, 0.29) is 11.7 Å². The number of hydrogen-bond donors (Lipinski definition) is 1. The summed E-state index contributed by atoms with van der Waals surface area (Å²) < 4.78 is 1.59. The number of carboxylic acid groups (broad SMARTS) is 1. The highest BCUT2D eigenvalue weighted by Crippen LogP contribution is 2.40. The monoisotopic (exact) mass is 348 g/mol. The van der Waals surface area contributed by atoms with Gasteiger partial charge in [-0.05, 0) is 31.9 Å². The Morgan fingerprint density at radius 2 is 2.04 bits per heavy atom. The number of rotatable bonds is 5. The van der Waals surface area contributed by atoms with Gasteiger partial charge in [-0.15, -0.1) is 5.10 Å². The molecule has 1 N–H and O–H groups in total. The SMILES string of the molecule is CC(C(=O)O)N(C)C(=O)c1nc(C2CC2)n(-c2ccccc2Cl)n1. The molecule has 0 spiro atoms. The average Bonchev–Trinajstić information content (AvgIpc) is 3.32. The van der Waals surface area contributed by atoms with Gasteiger partial charge in [0, 0.05) is 13.0 Å². The van der Waals surface area contributed by atoms with E-state index < -0.39 is 17.9 Å². The van der Waals surface area contributed by atoms with Crippen molar-refractivity contribution in [1.29, 1.82) is 0 Å². The lowest BCUT2D eigenvalue weighted by molar-refractivity contribution is -0.141. The van der Waals surface area contributed by atoms with Crippen LogP contribution in [0.4, 0.5) is 0 Å². The van der Waals surface area contributed by atoms with Crippen LogP contribution in [0.15, 0.2) is 24.3 Å². The quantitative estimate of drug-likeness (QED) is 0.896. The zero-order chi connectivity index (χ0) is 17.4. The molecule has 1 aromatic heterocycles. The highest BCUT2D eigenvalue weighted by atomic mass is 35.5. The third-order valence-corrected chi connectivity index (χ3v) is 4.42. The first-order valence-electron chi connectivity index (χ1n) is 7.62. The maximum atomic E-state index is 12.5. The second kappa shape index (κ2) is 6.24. The Hall–Kier alpha value is -2.41. The number of aromatic nitrogens is 3. The molecular weight excluding hydrogens is 332 g/mol. The summed E-state index contributed by atoms with van der Waals surface area (Å²) in [5, 5.41) is 13.9. The standard InChI is InChI=1S/C16H17ClN4O3/c1-9(16(23)24)20(2)15(22)13-18-14(10-7-8-10)21(19-13)12-6-4-3-5-11(12)17/h3-6,9-10H,7-8H2,1-2H3,(H,23,24). The molecule has 3 rings (SSSR count). The summed E-state index contributed by atoms with van der Waals surface area (Å²) in [4.78, 5) is 29.1. The molecule has 0 aliphatic heterocycles. The summed E-state index contributed by atoms with van der Waals surface area (Å²) in [6, 6.07) is 6.23. The van der Waals surface area contributed by atoms with Crippen LogP contribution >= 0.6 is 11.6 Å². The summed E-state index contributed by atoms with van der Waals surface area (Å²) in [6.45, 7) is 1.44. The predicted octanol–water partition coefficient (Wildman–Crippen LogP) is 2.34. The lowest BCUT2D eigenvalue weighted by atomic mass is 10.3. The number of para-hydroxylation sites is 1. The molecular formula is C16H17ClN4O3. The molecule has 8 heteroatoms. The Balaban J connectivity index is 1.99. The van der Waals surface area contributed by atoms with Crippen LogP contribution in [-0.4, -0.2) is 49.7 Å². The first-order valence-corrected chi connectivity index (χ1v) is 7.99. The zero-order valence-corrected chi connectivity index (χ0v) is 14.1. The fourth-order valence-corrected chi connectivity index (χ4v) is 2.54. The maximum absolute atomic E-state index is 12.5. The van der Waals surface area contributed by atoms with E-state index in [2.05, 4.69) is 10.1 Å². The van der Waals surface area contributed by atoms with Crippen molar-refractivity contribution < 1.29 is 14.7 Å². The van der Waals surface area contributed by atoms with Crippen molar-refractivity contribution in [3.63, 3.8) is 0 Å². The second-order valence-electron chi connectivity index (χ2n) is 5.86. The number of amides is 1. The Morgan fingerprint density at radius 1 is 1.38 bits per heavy atom. The van der Waals surface area contributed by atoms with Crippen molar-refractivity contribution in [3.8, 4) is 5.69 Å². The molecule has 1 aromatic carbocycles. The molecule has 1 aliphatic rings. The van der Waals surface area contributed by atoms with Crippen LogP contribution in [0.25, 0.3) is 5.69 Å². The Bertz CT molecular complexity index is 800. The van der Waals surface area contributed by atoms with Gasteiger partial charge in [0.25, 0.3) is 5.91 Å². The van der Waals surface area contributed by atoms with Gasteiger partial charge in [0.1, 0.15) is 11.9 Å². The molecule has 1 fully saturated rings. The lowest BCUT2D eigenvalue weighted by Crippen LogP contribution is -2.40. The van der Waals surface area contributed by atoms with Gasteiger partial charge in [0.05, 0.1) is 10.7 Å². The number of halogens is 1. The predicted molar refractivity (Wildman–Crippen MR) is 87.5 cm³/mol. The Morgan fingerprint density at radius 3 is 2.62 bits per heavy atom. The number of aliphatic carboxylic acids is 1. The number of likely N-dealkylation sites (N-methyl/N-ethyl adjacent to an activating group) is 1. The first kappa shape index (κ1) is 16.4. The molecule has 24 heavy (non-hydrogen) atoms. The van der Waals surface area contributed by atoms with Crippen LogP contribution < -0.4 is 0 Å². The van der Waals surface area contributed by atoms with E-state index in [1.807, 2.05) is 12.1 Å². The molecule has 1 aliphatic carbocycles. The van der Waals surface area contributed by atoms with Gasteiger partial charge in [-0.1, -0.05) is 23.7 Å². The Kier molecular flexibility index (Phi) is 4.28. The number of carboxylic acids is 1. The van der Waals surface area contributed by atoms with E-state index in [4.69, 9.17) is 16.7 Å². The maximum Gasteiger partial charge on any atom is 0.326 e. The molecule has 1 atom stereocenters. The highest BCUT2D eigenvalue weighted by Gasteiger charge is 2.33. The van der Waals surface area contributed by atoms with Crippen LogP contribution in [0.3, 0.4) is 0 Å². The van der Waals surface area contributed by atoms with Gasteiger partial charge in [-0.25, -0.2) is 14.5 Å². The lowest BCUT2D eigenvalue weighted by Gasteiger charge is -2.19. The molecule has 126 valence electrons. The van der Waals surface area contributed by atoms with Crippen molar-refractivity contribution in [2.75, 3.05) is 7.05 Å². The fraction of sp³-hybridized carbons (Fsp3) is 0.375. The number of nitrogens with zero attached hydrogens (tertiary/aromatic N) is 4. The van der Waals surface area contributed by atoms with Gasteiger partial charge in [-0.3, -0.25) is 4.79 Å². The van der Waals surface area contributed by atoms with Crippen LogP contribution in [0.2, 0.25) is 5.02 Å². The van der Waals surface area contributed by atoms with E-state index in [0.29, 0.717) is 16.5 Å².